The molecule has 0 aliphatic rings. The van der Waals surface area contributed by atoms with E-state index in [1.165, 1.54) is 7.11 Å². The molecule has 0 radical (unpaired) electrons. The van der Waals surface area contributed by atoms with E-state index >= 15 is 0 Å². The fourth-order valence-corrected chi connectivity index (χ4v) is 0.550. The lowest BCUT2D eigenvalue weighted by Gasteiger charge is -1.98. The van der Waals surface area contributed by atoms with E-state index < -0.39 is 5.97 Å². The van der Waals surface area contributed by atoms with Gasteiger partial charge in [-0.25, -0.2) is 4.79 Å². The van der Waals surface area contributed by atoms with Crippen LogP contribution in [0.1, 0.15) is 13.3 Å². The van der Waals surface area contributed by atoms with Crippen molar-refractivity contribution >= 4 is 5.97 Å². The van der Waals surface area contributed by atoms with Crippen molar-refractivity contribution in [2.24, 2.45) is 0 Å². The second-order valence-electron chi connectivity index (χ2n) is 2.30. The number of allylic oxidation sites excluding steroid dienone is 2. The summed E-state index contributed by atoms with van der Waals surface area (Å²) in [6.07, 6.45) is 2.01. The van der Waals surface area contributed by atoms with E-state index in [0.717, 1.165) is 0 Å². The van der Waals surface area contributed by atoms with Crippen molar-refractivity contribution in [1.29, 1.82) is 5.26 Å². The maximum Gasteiger partial charge on any atom is 0.333 e. The third kappa shape index (κ3) is 3.57. The fourth-order valence-electron chi connectivity index (χ4n) is 0.550. The highest BCUT2D eigenvalue weighted by atomic mass is 16.5. The van der Waals surface area contributed by atoms with Crippen LogP contribution in [0.5, 0.6) is 0 Å². The van der Waals surface area contributed by atoms with Gasteiger partial charge in [-0.05, 0) is 13.3 Å². The molecule has 0 spiro atoms. The zero-order chi connectivity index (χ0) is 9.56. The topological polar surface area (TPSA) is 50.1 Å². The summed E-state index contributed by atoms with van der Waals surface area (Å²) in [6.45, 7) is 5.17. The molecule has 0 bridgehead atoms. The van der Waals surface area contributed by atoms with Crippen LogP contribution in [0.2, 0.25) is 0 Å². The van der Waals surface area contributed by atoms with Crippen LogP contribution >= 0.6 is 0 Å². The predicted molar refractivity (Wildman–Crippen MR) is 45.1 cm³/mol. The van der Waals surface area contributed by atoms with Crippen molar-refractivity contribution in [1.82, 2.24) is 0 Å². The molecule has 0 aromatic carbocycles. The molecule has 0 saturated heterocycles. The minimum absolute atomic E-state index is 0.354. The van der Waals surface area contributed by atoms with E-state index in [0.29, 0.717) is 17.6 Å². The Hall–Kier alpha value is -1.56. The standard InChI is InChI=1S/C9H11NO2/c1-7(6-10)4-5-8(2)9(11)12-3/h4H,2,5H2,1,3H3. The minimum Gasteiger partial charge on any atom is -0.466 e. The first-order valence-electron chi connectivity index (χ1n) is 3.44. The Morgan fingerprint density at radius 1 is 1.75 bits per heavy atom. The minimum atomic E-state index is -0.433. The summed E-state index contributed by atoms with van der Waals surface area (Å²) in [5.74, 6) is -0.433. The maximum absolute atomic E-state index is 10.8. The number of nitrogens with zero attached hydrogens (tertiary/aromatic N) is 1. The molecule has 0 amide bonds. The Balaban J connectivity index is 4.06. The van der Waals surface area contributed by atoms with E-state index in [1.54, 1.807) is 13.0 Å². The van der Waals surface area contributed by atoms with E-state index in [2.05, 4.69) is 11.3 Å². The van der Waals surface area contributed by atoms with Crippen LogP contribution in [0.25, 0.3) is 0 Å². The highest BCUT2D eigenvalue weighted by Crippen LogP contribution is 2.03. The molecule has 0 aromatic heterocycles. The van der Waals surface area contributed by atoms with Crippen LogP contribution < -0.4 is 0 Å². The van der Waals surface area contributed by atoms with Crippen molar-refractivity contribution in [2.75, 3.05) is 7.11 Å². The number of carbonyl (C=O) groups is 1. The molecule has 64 valence electrons. The SMILES string of the molecule is C=C(CC=C(C)C#N)C(=O)OC. The number of ether oxygens (including phenoxy) is 1. The molecule has 3 heteroatoms. The maximum atomic E-state index is 10.8. The third-order valence-electron chi connectivity index (χ3n) is 1.31. The fraction of sp³-hybridized carbons (Fsp3) is 0.333. The quantitative estimate of drug-likeness (QED) is 0.362. The number of hydrogen-bond acceptors (Lipinski definition) is 3. The highest BCUT2D eigenvalue weighted by molar-refractivity contribution is 5.87. The molecular formula is C9H11NO2. The van der Waals surface area contributed by atoms with E-state index in [-0.39, 0.29) is 0 Å². The molecule has 12 heavy (non-hydrogen) atoms. The molecule has 0 aliphatic heterocycles. The van der Waals surface area contributed by atoms with Gasteiger partial charge in [0.15, 0.2) is 0 Å². The van der Waals surface area contributed by atoms with Crippen LogP contribution in [0.4, 0.5) is 0 Å². The first-order chi connectivity index (χ1) is 5.61. The second-order valence-corrected chi connectivity index (χ2v) is 2.30. The van der Waals surface area contributed by atoms with Gasteiger partial charge in [-0.1, -0.05) is 12.7 Å². The van der Waals surface area contributed by atoms with E-state index in [1.807, 2.05) is 6.07 Å². The normalized spacial score (nSPS) is 10.2. The Labute approximate surface area is 71.9 Å². The highest BCUT2D eigenvalue weighted by Gasteiger charge is 2.03. The molecule has 0 rings (SSSR count). The van der Waals surface area contributed by atoms with Crippen molar-refractivity contribution in [3.05, 3.63) is 23.8 Å². The molecule has 0 atom stereocenters. The third-order valence-corrected chi connectivity index (χ3v) is 1.31. The van der Waals surface area contributed by atoms with Gasteiger partial charge in [0.1, 0.15) is 0 Å². The summed E-state index contributed by atoms with van der Waals surface area (Å²) >= 11 is 0. The lowest BCUT2D eigenvalue weighted by molar-refractivity contribution is -0.136. The summed E-state index contributed by atoms with van der Waals surface area (Å²) in [5.41, 5.74) is 0.923. The Morgan fingerprint density at radius 3 is 2.75 bits per heavy atom. The largest absolute Gasteiger partial charge is 0.466 e. The number of methoxy groups -OCH3 is 1. The monoisotopic (exact) mass is 165 g/mol. The van der Waals surface area contributed by atoms with Crippen LogP contribution in [-0.2, 0) is 9.53 Å². The molecular weight excluding hydrogens is 154 g/mol. The summed E-state index contributed by atoms with van der Waals surface area (Å²) in [5, 5.41) is 8.38. The van der Waals surface area contributed by atoms with Gasteiger partial charge in [0.05, 0.1) is 13.2 Å². The molecule has 0 heterocycles. The van der Waals surface area contributed by atoms with Gasteiger partial charge in [-0.15, -0.1) is 0 Å². The molecule has 0 aliphatic carbocycles. The lowest BCUT2D eigenvalue weighted by Crippen LogP contribution is -2.02. The zero-order valence-electron chi connectivity index (χ0n) is 7.26. The Morgan fingerprint density at radius 2 is 2.33 bits per heavy atom. The summed E-state index contributed by atoms with van der Waals surface area (Å²) in [4.78, 5) is 10.8. The van der Waals surface area contributed by atoms with E-state index in [9.17, 15) is 4.79 Å². The van der Waals surface area contributed by atoms with Gasteiger partial charge in [-0.3, -0.25) is 0 Å². The van der Waals surface area contributed by atoms with Crippen LogP contribution in [0.3, 0.4) is 0 Å². The van der Waals surface area contributed by atoms with Gasteiger partial charge in [0, 0.05) is 11.1 Å². The zero-order valence-corrected chi connectivity index (χ0v) is 7.26. The summed E-state index contributed by atoms with van der Waals surface area (Å²) < 4.78 is 4.43. The molecule has 0 aromatic rings. The van der Waals surface area contributed by atoms with Gasteiger partial charge in [-0.2, -0.15) is 5.26 Å². The average molecular weight is 165 g/mol. The van der Waals surface area contributed by atoms with Crippen molar-refractivity contribution in [3.63, 3.8) is 0 Å². The van der Waals surface area contributed by atoms with Crippen molar-refractivity contribution in [2.45, 2.75) is 13.3 Å². The number of rotatable bonds is 3. The number of esters is 1. The van der Waals surface area contributed by atoms with Gasteiger partial charge in [0.25, 0.3) is 0 Å². The van der Waals surface area contributed by atoms with Crippen LogP contribution in [-0.4, -0.2) is 13.1 Å². The van der Waals surface area contributed by atoms with Gasteiger partial charge >= 0.3 is 5.97 Å². The van der Waals surface area contributed by atoms with E-state index in [4.69, 9.17) is 5.26 Å². The lowest BCUT2D eigenvalue weighted by atomic mass is 10.1. The molecule has 0 N–H and O–H groups in total. The van der Waals surface area contributed by atoms with Crippen molar-refractivity contribution < 1.29 is 9.53 Å². The molecule has 3 nitrogen and oxygen atoms in total. The van der Waals surface area contributed by atoms with Crippen LogP contribution in [0.15, 0.2) is 23.8 Å². The number of nitriles is 1. The Bertz CT molecular complexity index is 258. The number of hydrogen-bond donors (Lipinski definition) is 0. The molecule has 0 saturated carbocycles. The second kappa shape index (κ2) is 5.14. The summed E-state index contributed by atoms with van der Waals surface area (Å²) in [7, 11) is 1.30. The smallest absolute Gasteiger partial charge is 0.333 e. The van der Waals surface area contributed by atoms with Crippen LogP contribution in [0, 0.1) is 11.3 Å². The molecule has 0 fully saturated rings. The Kier molecular flexibility index (Phi) is 4.47. The first-order valence-corrected chi connectivity index (χ1v) is 3.44. The van der Waals surface area contributed by atoms with Crippen molar-refractivity contribution in [3.8, 4) is 6.07 Å². The van der Waals surface area contributed by atoms with Gasteiger partial charge in [0.2, 0.25) is 0 Å². The number of carbonyl (C=O) groups excluding carboxylic acids is 1. The predicted octanol–water partition coefficient (Wildman–Crippen LogP) is 1.58. The first kappa shape index (κ1) is 10.4. The van der Waals surface area contributed by atoms with Gasteiger partial charge < -0.3 is 4.74 Å². The summed E-state index contributed by atoms with van der Waals surface area (Å²) in [6, 6.07) is 1.95. The average Bonchev–Trinajstić information content (AvgIpc) is 2.11. The molecule has 0 unspecified atom stereocenters.